The first-order valence-corrected chi connectivity index (χ1v) is 11.3. The maximum absolute atomic E-state index is 12.9. The lowest BCUT2D eigenvalue weighted by Gasteiger charge is -2.29. The summed E-state index contributed by atoms with van der Waals surface area (Å²) in [6.45, 7) is 3.21. The van der Waals surface area contributed by atoms with E-state index in [2.05, 4.69) is 53.2 Å². The molecule has 0 aromatic heterocycles. The summed E-state index contributed by atoms with van der Waals surface area (Å²) in [5, 5.41) is 0. The van der Waals surface area contributed by atoms with Gasteiger partial charge < -0.3 is 9.80 Å². The van der Waals surface area contributed by atoms with Gasteiger partial charge in [-0.05, 0) is 81.3 Å². The second-order valence-electron chi connectivity index (χ2n) is 9.01. The zero-order valence-corrected chi connectivity index (χ0v) is 17.7. The Morgan fingerprint density at radius 2 is 1.55 bits per heavy atom. The van der Waals surface area contributed by atoms with Crippen molar-refractivity contribution in [3.8, 4) is 0 Å². The third-order valence-corrected chi connectivity index (χ3v) is 6.52. The van der Waals surface area contributed by atoms with Crippen molar-refractivity contribution in [3.63, 3.8) is 0 Å². The van der Waals surface area contributed by atoms with Crippen molar-refractivity contribution in [3.05, 3.63) is 71.3 Å². The SMILES string of the molecule is CN1CCC(Cc2ccc(CN(C(=O)CCc3ccccc3)C3CC3)cc2)CC1. The first kappa shape index (κ1) is 20.2. The van der Waals surface area contributed by atoms with Crippen LogP contribution < -0.4 is 0 Å². The molecule has 1 heterocycles. The molecule has 0 spiro atoms. The maximum atomic E-state index is 12.9. The van der Waals surface area contributed by atoms with Crippen molar-refractivity contribution in [1.29, 1.82) is 0 Å². The molecule has 2 aromatic rings. The maximum Gasteiger partial charge on any atom is 0.223 e. The second-order valence-corrected chi connectivity index (χ2v) is 9.01. The Labute approximate surface area is 175 Å². The van der Waals surface area contributed by atoms with Crippen LogP contribution in [-0.2, 0) is 24.2 Å². The monoisotopic (exact) mass is 390 g/mol. The number of hydrogen-bond acceptors (Lipinski definition) is 2. The largest absolute Gasteiger partial charge is 0.335 e. The average Bonchev–Trinajstić information content (AvgIpc) is 3.59. The van der Waals surface area contributed by atoms with Crippen LogP contribution in [0.1, 0.15) is 48.8 Å². The summed E-state index contributed by atoms with van der Waals surface area (Å²) in [6, 6.07) is 19.8. The van der Waals surface area contributed by atoms with Crippen molar-refractivity contribution in [2.24, 2.45) is 5.92 Å². The summed E-state index contributed by atoms with van der Waals surface area (Å²) in [6.07, 6.45) is 7.56. The molecule has 1 amide bonds. The summed E-state index contributed by atoms with van der Waals surface area (Å²) < 4.78 is 0. The molecular formula is C26H34N2O. The van der Waals surface area contributed by atoms with Crippen LogP contribution >= 0.6 is 0 Å². The summed E-state index contributed by atoms with van der Waals surface area (Å²) in [5.74, 6) is 1.12. The minimum Gasteiger partial charge on any atom is -0.335 e. The molecule has 2 aromatic carbocycles. The van der Waals surface area contributed by atoms with E-state index >= 15 is 0 Å². The van der Waals surface area contributed by atoms with Crippen LogP contribution in [0.2, 0.25) is 0 Å². The Morgan fingerprint density at radius 3 is 2.21 bits per heavy atom. The summed E-state index contributed by atoms with van der Waals surface area (Å²) >= 11 is 0. The van der Waals surface area contributed by atoms with Crippen LogP contribution in [-0.4, -0.2) is 41.9 Å². The van der Waals surface area contributed by atoms with Crippen molar-refractivity contribution < 1.29 is 4.79 Å². The molecular weight excluding hydrogens is 356 g/mol. The molecule has 3 nitrogen and oxygen atoms in total. The summed E-state index contributed by atoms with van der Waals surface area (Å²) in [5.41, 5.74) is 3.95. The van der Waals surface area contributed by atoms with E-state index in [1.165, 1.54) is 49.0 Å². The molecule has 1 aliphatic heterocycles. The van der Waals surface area contributed by atoms with Crippen molar-refractivity contribution in [1.82, 2.24) is 9.80 Å². The molecule has 1 saturated heterocycles. The average molecular weight is 391 g/mol. The van der Waals surface area contributed by atoms with Gasteiger partial charge in [-0.3, -0.25) is 4.79 Å². The number of benzene rings is 2. The van der Waals surface area contributed by atoms with E-state index in [9.17, 15) is 4.79 Å². The van der Waals surface area contributed by atoms with Crippen LogP contribution in [0.15, 0.2) is 54.6 Å². The van der Waals surface area contributed by atoms with Gasteiger partial charge in [-0.25, -0.2) is 0 Å². The summed E-state index contributed by atoms with van der Waals surface area (Å²) in [4.78, 5) is 17.4. The van der Waals surface area contributed by atoms with Crippen LogP contribution in [0, 0.1) is 5.92 Å². The topological polar surface area (TPSA) is 23.6 Å². The predicted molar refractivity (Wildman–Crippen MR) is 119 cm³/mol. The lowest BCUT2D eigenvalue weighted by atomic mass is 9.90. The fourth-order valence-corrected chi connectivity index (χ4v) is 4.42. The number of aryl methyl sites for hydroxylation is 1. The molecule has 0 bridgehead atoms. The van der Waals surface area contributed by atoms with Crippen LogP contribution in [0.4, 0.5) is 0 Å². The smallest absolute Gasteiger partial charge is 0.223 e. The highest BCUT2D eigenvalue weighted by Crippen LogP contribution is 2.29. The van der Waals surface area contributed by atoms with Gasteiger partial charge in [0.1, 0.15) is 0 Å². The van der Waals surface area contributed by atoms with Gasteiger partial charge in [-0.2, -0.15) is 0 Å². The molecule has 0 radical (unpaired) electrons. The Bertz CT molecular complexity index is 774. The van der Waals surface area contributed by atoms with Crippen molar-refractivity contribution >= 4 is 5.91 Å². The molecule has 154 valence electrons. The van der Waals surface area contributed by atoms with E-state index < -0.39 is 0 Å². The van der Waals surface area contributed by atoms with Crippen molar-refractivity contribution in [2.45, 2.75) is 57.5 Å². The number of carbonyl (C=O) groups is 1. The van der Waals surface area contributed by atoms with Crippen LogP contribution in [0.5, 0.6) is 0 Å². The lowest BCUT2D eigenvalue weighted by Crippen LogP contribution is -2.32. The highest BCUT2D eigenvalue weighted by molar-refractivity contribution is 5.77. The standard InChI is InChI=1S/C26H34N2O/c1-27-17-15-23(16-18-27)19-22-7-9-24(10-8-22)20-28(25-12-13-25)26(29)14-11-21-5-3-2-4-6-21/h2-10,23,25H,11-20H2,1H3. The number of amides is 1. The van der Waals surface area contributed by atoms with Gasteiger partial charge in [-0.15, -0.1) is 0 Å². The van der Waals surface area contributed by atoms with Gasteiger partial charge in [0.15, 0.2) is 0 Å². The zero-order chi connectivity index (χ0) is 20.1. The molecule has 3 heteroatoms. The van der Waals surface area contributed by atoms with E-state index in [1.54, 1.807) is 0 Å². The van der Waals surface area contributed by atoms with Gasteiger partial charge in [-0.1, -0.05) is 54.6 Å². The molecule has 0 atom stereocenters. The molecule has 2 aliphatic rings. The fourth-order valence-electron chi connectivity index (χ4n) is 4.42. The highest BCUT2D eigenvalue weighted by Gasteiger charge is 2.32. The number of carbonyl (C=O) groups excluding carboxylic acids is 1. The Hall–Kier alpha value is -2.13. The Kier molecular flexibility index (Phi) is 6.66. The zero-order valence-electron chi connectivity index (χ0n) is 17.7. The molecule has 1 aliphatic carbocycles. The van der Waals surface area contributed by atoms with Gasteiger partial charge in [0, 0.05) is 19.0 Å². The van der Waals surface area contributed by atoms with Gasteiger partial charge in [0.05, 0.1) is 0 Å². The molecule has 0 N–H and O–H groups in total. The molecule has 4 rings (SSSR count). The minimum absolute atomic E-state index is 0.298. The van der Waals surface area contributed by atoms with Gasteiger partial charge >= 0.3 is 0 Å². The van der Waals surface area contributed by atoms with Crippen LogP contribution in [0.25, 0.3) is 0 Å². The lowest BCUT2D eigenvalue weighted by molar-refractivity contribution is -0.132. The fraction of sp³-hybridized carbons (Fsp3) is 0.500. The molecule has 1 saturated carbocycles. The molecule has 2 fully saturated rings. The Morgan fingerprint density at radius 1 is 0.897 bits per heavy atom. The molecule has 29 heavy (non-hydrogen) atoms. The number of hydrogen-bond donors (Lipinski definition) is 0. The van der Waals surface area contributed by atoms with Crippen molar-refractivity contribution in [2.75, 3.05) is 20.1 Å². The van der Waals surface area contributed by atoms with E-state index in [4.69, 9.17) is 0 Å². The third kappa shape index (κ3) is 5.93. The van der Waals surface area contributed by atoms with Gasteiger partial charge in [0.2, 0.25) is 5.91 Å². The van der Waals surface area contributed by atoms with E-state index in [-0.39, 0.29) is 0 Å². The predicted octanol–water partition coefficient (Wildman–Crippen LogP) is 4.69. The Balaban J connectivity index is 1.30. The highest BCUT2D eigenvalue weighted by atomic mass is 16.2. The number of rotatable bonds is 8. The third-order valence-electron chi connectivity index (χ3n) is 6.52. The first-order valence-electron chi connectivity index (χ1n) is 11.3. The second kappa shape index (κ2) is 9.58. The number of piperidine rings is 1. The van der Waals surface area contributed by atoms with Crippen LogP contribution in [0.3, 0.4) is 0 Å². The minimum atomic E-state index is 0.298. The van der Waals surface area contributed by atoms with Gasteiger partial charge in [0.25, 0.3) is 0 Å². The van der Waals surface area contributed by atoms with E-state index in [1.807, 2.05) is 18.2 Å². The quantitative estimate of drug-likeness (QED) is 0.653. The number of nitrogens with zero attached hydrogens (tertiary/aromatic N) is 2. The van der Waals surface area contributed by atoms with E-state index in [0.29, 0.717) is 18.4 Å². The normalized spacial score (nSPS) is 18.0. The first-order chi connectivity index (χ1) is 14.2. The summed E-state index contributed by atoms with van der Waals surface area (Å²) in [7, 11) is 2.22. The van der Waals surface area contributed by atoms with E-state index in [0.717, 1.165) is 31.7 Å². The number of likely N-dealkylation sites (tertiary alicyclic amines) is 1. The molecule has 0 unspecified atom stereocenters.